The molecule has 0 atom stereocenters. The molecule has 2 aromatic rings. The number of nitrogens with one attached hydrogen (secondary N) is 1. The lowest BCUT2D eigenvalue weighted by Gasteiger charge is -1.94. The zero-order valence-electron chi connectivity index (χ0n) is 5.57. The van der Waals surface area contributed by atoms with Crippen molar-refractivity contribution in [3.05, 3.63) is 18.3 Å². The number of aromatic nitrogens is 2. The third kappa shape index (κ3) is 0.724. The summed E-state index contributed by atoms with van der Waals surface area (Å²) < 4.78 is 0. The summed E-state index contributed by atoms with van der Waals surface area (Å²) in [5.41, 5.74) is 0.463. The van der Waals surface area contributed by atoms with E-state index in [0.717, 1.165) is 0 Å². The van der Waals surface area contributed by atoms with Gasteiger partial charge in [0.2, 0.25) is 0 Å². The lowest BCUT2D eigenvalue weighted by molar-refractivity contribution is 0.469. The Morgan fingerprint density at radius 2 is 1.91 bits per heavy atom. The SMILES string of the molecule is Oc1ccc(O)c2[nH]ncc12. The molecular formula is C7H6N2O2. The molecule has 0 aliphatic rings. The number of aromatic amines is 1. The normalized spacial score (nSPS) is 10.5. The summed E-state index contributed by atoms with van der Waals surface area (Å²) in [5.74, 6) is 0.210. The first-order valence-corrected chi connectivity index (χ1v) is 3.13. The minimum absolute atomic E-state index is 0.0929. The molecule has 1 aromatic carbocycles. The van der Waals surface area contributed by atoms with Gasteiger partial charge in [-0.1, -0.05) is 0 Å². The first-order valence-electron chi connectivity index (χ1n) is 3.13. The highest BCUT2D eigenvalue weighted by Gasteiger charge is 2.04. The van der Waals surface area contributed by atoms with Gasteiger partial charge in [0.05, 0.1) is 11.6 Å². The fourth-order valence-corrected chi connectivity index (χ4v) is 1.01. The molecule has 0 fully saturated rings. The maximum atomic E-state index is 9.21. The molecule has 4 nitrogen and oxygen atoms in total. The molecule has 0 radical (unpaired) electrons. The molecule has 0 aliphatic carbocycles. The smallest absolute Gasteiger partial charge is 0.141 e. The van der Waals surface area contributed by atoms with E-state index in [4.69, 9.17) is 0 Å². The van der Waals surface area contributed by atoms with Crippen molar-refractivity contribution in [3.8, 4) is 11.5 Å². The lowest BCUT2D eigenvalue weighted by atomic mass is 10.2. The Bertz CT molecular complexity index is 358. The van der Waals surface area contributed by atoms with Crippen LogP contribution in [0.3, 0.4) is 0 Å². The van der Waals surface area contributed by atoms with Crippen LogP contribution in [0.15, 0.2) is 18.3 Å². The molecule has 4 heteroatoms. The van der Waals surface area contributed by atoms with Crippen molar-refractivity contribution in [1.82, 2.24) is 10.2 Å². The first-order chi connectivity index (χ1) is 5.29. The molecule has 1 aromatic heterocycles. The van der Waals surface area contributed by atoms with Gasteiger partial charge < -0.3 is 10.2 Å². The predicted molar refractivity (Wildman–Crippen MR) is 39.4 cm³/mol. The van der Waals surface area contributed by atoms with Gasteiger partial charge in [-0.15, -0.1) is 0 Å². The number of rotatable bonds is 0. The number of H-pyrrole nitrogens is 1. The second kappa shape index (κ2) is 1.88. The summed E-state index contributed by atoms with van der Waals surface area (Å²) >= 11 is 0. The average Bonchev–Trinajstić information content (AvgIpc) is 2.45. The van der Waals surface area contributed by atoms with Crippen LogP contribution in [-0.4, -0.2) is 20.4 Å². The van der Waals surface area contributed by atoms with Gasteiger partial charge in [0, 0.05) is 0 Å². The molecule has 0 aliphatic heterocycles. The summed E-state index contributed by atoms with van der Waals surface area (Å²) in [6.07, 6.45) is 1.46. The average molecular weight is 150 g/mol. The van der Waals surface area contributed by atoms with Crippen molar-refractivity contribution >= 4 is 10.9 Å². The molecule has 11 heavy (non-hydrogen) atoms. The van der Waals surface area contributed by atoms with Gasteiger partial charge in [-0.3, -0.25) is 5.10 Å². The largest absolute Gasteiger partial charge is 0.507 e. The van der Waals surface area contributed by atoms with Crippen LogP contribution < -0.4 is 0 Å². The third-order valence-electron chi connectivity index (χ3n) is 1.57. The van der Waals surface area contributed by atoms with Crippen LogP contribution in [0.1, 0.15) is 0 Å². The second-order valence-electron chi connectivity index (χ2n) is 2.26. The summed E-state index contributed by atoms with van der Waals surface area (Å²) in [6, 6.07) is 2.84. The van der Waals surface area contributed by atoms with E-state index >= 15 is 0 Å². The highest BCUT2D eigenvalue weighted by atomic mass is 16.3. The highest BCUT2D eigenvalue weighted by Crippen LogP contribution is 2.28. The summed E-state index contributed by atoms with van der Waals surface area (Å²) in [4.78, 5) is 0. The fourth-order valence-electron chi connectivity index (χ4n) is 1.01. The van der Waals surface area contributed by atoms with Crippen LogP contribution in [0.25, 0.3) is 10.9 Å². The summed E-state index contributed by atoms with van der Waals surface area (Å²) in [5, 5.41) is 25.2. The zero-order valence-corrected chi connectivity index (χ0v) is 5.57. The monoisotopic (exact) mass is 150 g/mol. The molecular weight excluding hydrogens is 144 g/mol. The van der Waals surface area contributed by atoms with E-state index in [0.29, 0.717) is 10.9 Å². The second-order valence-corrected chi connectivity index (χ2v) is 2.26. The summed E-state index contributed by atoms with van der Waals surface area (Å²) in [6.45, 7) is 0. The number of hydrogen-bond donors (Lipinski definition) is 3. The minimum atomic E-state index is 0.0929. The predicted octanol–water partition coefficient (Wildman–Crippen LogP) is 0.974. The topological polar surface area (TPSA) is 69.1 Å². The Labute approximate surface area is 62.1 Å². The van der Waals surface area contributed by atoms with Gasteiger partial charge >= 0.3 is 0 Å². The number of fused-ring (bicyclic) bond motifs is 1. The van der Waals surface area contributed by atoms with Crippen molar-refractivity contribution in [2.45, 2.75) is 0 Å². The van der Waals surface area contributed by atoms with Crippen LogP contribution in [0.4, 0.5) is 0 Å². The molecule has 0 spiro atoms. The van der Waals surface area contributed by atoms with E-state index in [-0.39, 0.29) is 11.5 Å². The van der Waals surface area contributed by atoms with E-state index in [2.05, 4.69) is 10.2 Å². The van der Waals surface area contributed by atoms with Crippen molar-refractivity contribution in [2.24, 2.45) is 0 Å². The lowest BCUT2D eigenvalue weighted by Crippen LogP contribution is -1.71. The van der Waals surface area contributed by atoms with E-state index in [9.17, 15) is 10.2 Å². The number of phenols is 2. The molecule has 0 unspecified atom stereocenters. The van der Waals surface area contributed by atoms with E-state index in [1.165, 1.54) is 18.3 Å². The van der Waals surface area contributed by atoms with Gasteiger partial charge in [0.1, 0.15) is 17.0 Å². The van der Waals surface area contributed by atoms with Gasteiger partial charge in [0.15, 0.2) is 0 Å². The van der Waals surface area contributed by atoms with E-state index in [1.54, 1.807) is 0 Å². The molecule has 0 amide bonds. The van der Waals surface area contributed by atoms with Crippen LogP contribution in [-0.2, 0) is 0 Å². The Morgan fingerprint density at radius 1 is 1.18 bits per heavy atom. The van der Waals surface area contributed by atoms with Crippen molar-refractivity contribution in [1.29, 1.82) is 0 Å². The number of aromatic hydroxyl groups is 2. The van der Waals surface area contributed by atoms with Crippen LogP contribution in [0.5, 0.6) is 11.5 Å². The van der Waals surface area contributed by atoms with Gasteiger partial charge in [-0.05, 0) is 12.1 Å². The number of nitrogens with zero attached hydrogens (tertiary/aromatic N) is 1. The fraction of sp³-hybridized carbons (Fsp3) is 0. The Morgan fingerprint density at radius 3 is 2.64 bits per heavy atom. The van der Waals surface area contributed by atoms with Crippen LogP contribution >= 0.6 is 0 Å². The molecule has 1 heterocycles. The molecule has 3 N–H and O–H groups in total. The quantitative estimate of drug-likeness (QED) is 0.490. The minimum Gasteiger partial charge on any atom is -0.507 e. The zero-order chi connectivity index (χ0) is 7.84. The highest BCUT2D eigenvalue weighted by molar-refractivity contribution is 5.88. The Kier molecular flexibility index (Phi) is 1.03. The standard InChI is InChI=1S/C7H6N2O2/c10-5-1-2-6(11)7-4(5)3-8-9-7/h1-3,10-11H,(H,8,9). The van der Waals surface area contributed by atoms with Crippen LogP contribution in [0.2, 0.25) is 0 Å². The van der Waals surface area contributed by atoms with Gasteiger partial charge in [0.25, 0.3) is 0 Å². The summed E-state index contributed by atoms with van der Waals surface area (Å²) in [7, 11) is 0. The van der Waals surface area contributed by atoms with E-state index in [1.807, 2.05) is 0 Å². The van der Waals surface area contributed by atoms with Gasteiger partial charge in [-0.2, -0.15) is 5.10 Å². The van der Waals surface area contributed by atoms with E-state index < -0.39 is 0 Å². The maximum absolute atomic E-state index is 9.21. The Balaban J connectivity index is 2.96. The van der Waals surface area contributed by atoms with Crippen molar-refractivity contribution < 1.29 is 10.2 Å². The number of benzene rings is 1. The molecule has 0 saturated carbocycles. The first kappa shape index (κ1) is 6.03. The molecule has 2 rings (SSSR count). The number of hydrogen-bond acceptors (Lipinski definition) is 3. The molecule has 56 valence electrons. The Hall–Kier alpha value is -1.71. The molecule has 0 bridgehead atoms. The number of phenolic OH excluding ortho intramolecular Hbond substituents is 2. The van der Waals surface area contributed by atoms with Crippen LogP contribution in [0, 0.1) is 0 Å². The van der Waals surface area contributed by atoms with Gasteiger partial charge in [-0.25, -0.2) is 0 Å². The molecule has 0 saturated heterocycles. The van der Waals surface area contributed by atoms with Crippen molar-refractivity contribution in [2.75, 3.05) is 0 Å². The van der Waals surface area contributed by atoms with Crippen molar-refractivity contribution in [3.63, 3.8) is 0 Å². The maximum Gasteiger partial charge on any atom is 0.141 e. The third-order valence-corrected chi connectivity index (χ3v) is 1.57.